The zero-order valence-electron chi connectivity index (χ0n) is 14.1. The van der Waals surface area contributed by atoms with Crippen LogP contribution in [0.15, 0.2) is 83.3 Å². The lowest BCUT2D eigenvalue weighted by Gasteiger charge is -2.17. The minimum atomic E-state index is -0.513. The van der Waals surface area contributed by atoms with E-state index in [9.17, 15) is 8.78 Å². The van der Waals surface area contributed by atoms with Gasteiger partial charge in [-0.05, 0) is 54.1 Å². The standard InChI is InChI=1S/C21H15F2N3O/c22-16-8-6-14(7-9-16)19(24-18-12-10-17(23)11-13-18)21-26-25-20(27-21)15-4-2-1-3-5-15/h1-13,19,24H. The highest BCUT2D eigenvalue weighted by Crippen LogP contribution is 2.28. The third-order valence-electron chi connectivity index (χ3n) is 4.07. The van der Waals surface area contributed by atoms with Crippen LogP contribution in [0.25, 0.3) is 11.5 Å². The summed E-state index contributed by atoms with van der Waals surface area (Å²) in [5.41, 5.74) is 2.21. The van der Waals surface area contributed by atoms with Crippen molar-refractivity contribution in [1.82, 2.24) is 10.2 Å². The van der Waals surface area contributed by atoms with Crippen molar-refractivity contribution in [1.29, 1.82) is 0 Å². The lowest BCUT2D eigenvalue weighted by atomic mass is 10.1. The van der Waals surface area contributed by atoms with Crippen LogP contribution >= 0.6 is 0 Å². The molecule has 0 bridgehead atoms. The summed E-state index contributed by atoms with van der Waals surface area (Å²) in [6.45, 7) is 0. The van der Waals surface area contributed by atoms with Gasteiger partial charge in [0.2, 0.25) is 11.8 Å². The molecule has 0 aliphatic carbocycles. The van der Waals surface area contributed by atoms with Crippen LogP contribution in [0.4, 0.5) is 14.5 Å². The fourth-order valence-electron chi connectivity index (χ4n) is 2.70. The number of hydrogen-bond acceptors (Lipinski definition) is 4. The number of anilines is 1. The van der Waals surface area contributed by atoms with Crippen LogP contribution < -0.4 is 5.32 Å². The van der Waals surface area contributed by atoms with Crippen molar-refractivity contribution in [2.45, 2.75) is 6.04 Å². The second-order valence-electron chi connectivity index (χ2n) is 5.95. The van der Waals surface area contributed by atoms with Gasteiger partial charge in [0.1, 0.15) is 17.7 Å². The van der Waals surface area contributed by atoms with Crippen LogP contribution in [-0.2, 0) is 0 Å². The number of nitrogens with one attached hydrogen (secondary N) is 1. The first-order valence-electron chi connectivity index (χ1n) is 8.35. The van der Waals surface area contributed by atoms with Crippen molar-refractivity contribution >= 4 is 5.69 Å². The number of nitrogens with zero attached hydrogens (tertiary/aromatic N) is 2. The Labute approximate surface area is 154 Å². The van der Waals surface area contributed by atoms with E-state index in [0.29, 0.717) is 17.5 Å². The first-order valence-corrected chi connectivity index (χ1v) is 8.35. The number of rotatable bonds is 5. The summed E-state index contributed by atoms with van der Waals surface area (Å²) in [5, 5.41) is 11.5. The van der Waals surface area contributed by atoms with Crippen molar-refractivity contribution in [2.75, 3.05) is 5.32 Å². The summed E-state index contributed by atoms with van der Waals surface area (Å²) >= 11 is 0. The van der Waals surface area contributed by atoms with Crippen LogP contribution in [0.3, 0.4) is 0 Å². The lowest BCUT2D eigenvalue weighted by molar-refractivity contribution is 0.493. The molecule has 0 aliphatic rings. The normalized spacial score (nSPS) is 11.9. The van der Waals surface area contributed by atoms with Gasteiger partial charge in [0.05, 0.1) is 0 Å². The number of benzene rings is 3. The van der Waals surface area contributed by atoms with E-state index in [-0.39, 0.29) is 11.6 Å². The van der Waals surface area contributed by atoms with Gasteiger partial charge in [-0.1, -0.05) is 30.3 Å². The zero-order valence-corrected chi connectivity index (χ0v) is 14.1. The smallest absolute Gasteiger partial charge is 0.247 e. The summed E-state index contributed by atoms with van der Waals surface area (Å²) in [6.07, 6.45) is 0. The molecule has 1 N–H and O–H groups in total. The molecule has 4 aromatic rings. The molecule has 0 amide bonds. The van der Waals surface area contributed by atoms with E-state index < -0.39 is 6.04 Å². The molecule has 1 heterocycles. The molecule has 4 rings (SSSR count). The van der Waals surface area contributed by atoms with Gasteiger partial charge >= 0.3 is 0 Å². The largest absolute Gasteiger partial charge is 0.418 e. The fraction of sp³-hybridized carbons (Fsp3) is 0.0476. The minimum absolute atomic E-state index is 0.324. The Bertz CT molecular complexity index is 1020. The molecule has 1 unspecified atom stereocenters. The average molecular weight is 363 g/mol. The van der Waals surface area contributed by atoms with Crippen LogP contribution in [0.1, 0.15) is 17.5 Å². The molecule has 0 saturated heterocycles. The van der Waals surface area contributed by atoms with Gasteiger partial charge in [0, 0.05) is 11.3 Å². The monoisotopic (exact) mass is 363 g/mol. The third-order valence-corrected chi connectivity index (χ3v) is 4.07. The molecule has 27 heavy (non-hydrogen) atoms. The predicted octanol–water partition coefficient (Wildman–Crippen LogP) is 5.22. The Morgan fingerprint density at radius 3 is 2.04 bits per heavy atom. The summed E-state index contributed by atoms with van der Waals surface area (Å²) in [6, 6.07) is 20.8. The molecule has 4 nitrogen and oxygen atoms in total. The highest BCUT2D eigenvalue weighted by atomic mass is 19.1. The van der Waals surface area contributed by atoms with Crippen molar-refractivity contribution in [3.63, 3.8) is 0 Å². The van der Waals surface area contributed by atoms with E-state index in [1.807, 2.05) is 30.3 Å². The molecule has 0 saturated carbocycles. The molecule has 0 aliphatic heterocycles. The van der Waals surface area contributed by atoms with Crippen LogP contribution in [-0.4, -0.2) is 10.2 Å². The maximum Gasteiger partial charge on any atom is 0.247 e. The Morgan fingerprint density at radius 2 is 1.37 bits per heavy atom. The second kappa shape index (κ2) is 7.37. The van der Waals surface area contributed by atoms with Gasteiger partial charge in [0.25, 0.3) is 0 Å². The molecule has 1 aromatic heterocycles. The van der Waals surface area contributed by atoms with E-state index in [2.05, 4.69) is 15.5 Å². The van der Waals surface area contributed by atoms with Crippen molar-refractivity contribution in [3.8, 4) is 11.5 Å². The number of hydrogen-bond donors (Lipinski definition) is 1. The van der Waals surface area contributed by atoms with Gasteiger partial charge in [-0.3, -0.25) is 0 Å². The Hall–Kier alpha value is -3.54. The topological polar surface area (TPSA) is 51.0 Å². The van der Waals surface area contributed by atoms with E-state index in [4.69, 9.17) is 4.42 Å². The average Bonchev–Trinajstić information content (AvgIpc) is 3.19. The van der Waals surface area contributed by atoms with Crippen molar-refractivity contribution in [3.05, 3.63) is 102 Å². The number of aromatic nitrogens is 2. The first-order chi connectivity index (χ1) is 13.2. The summed E-state index contributed by atoms with van der Waals surface area (Å²) < 4.78 is 32.4. The second-order valence-corrected chi connectivity index (χ2v) is 5.95. The van der Waals surface area contributed by atoms with E-state index in [1.165, 1.54) is 24.3 Å². The fourth-order valence-corrected chi connectivity index (χ4v) is 2.70. The van der Waals surface area contributed by atoms with E-state index in [1.54, 1.807) is 24.3 Å². The van der Waals surface area contributed by atoms with Crippen LogP contribution in [0, 0.1) is 11.6 Å². The van der Waals surface area contributed by atoms with Gasteiger partial charge < -0.3 is 9.73 Å². The molecule has 1 atom stereocenters. The quantitative estimate of drug-likeness (QED) is 0.528. The van der Waals surface area contributed by atoms with Gasteiger partial charge in [-0.25, -0.2) is 8.78 Å². The molecule has 0 fully saturated rings. The van der Waals surface area contributed by atoms with Gasteiger partial charge in [-0.2, -0.15) is 0 Å². The third kappa shape index (κ3) is 3.84. The first kappa shape index (κ1) is 16.9. The SMILES string of the molecule is Fc1ccc(NC(c2ccc(F)cc2)c2nnc(-c3ccccc3)o2)cc1. The van der Waals surface area contributed by atoms with Crippen LogP contribution in [0.2, 0.25) is 0 Å². The number of halogens is 2. The maximum absolute atomic E-state index is 13.3. The highest BCUT2D eigenvalue weighted by molar-refractivity contribution is 5.52. The molecule has 0 spiro atoms. The van der Waals surface area contributed by atoms with E-state index in [0.717, 1.165) is 11.1 Å². The Kier molecular flexibility index (Phi) is 4.61. The van der Waals surface area contributed by atoms with Crippen molar-refractivity contribution in [2.24, 2.45) is 0 Å². The summed E-state index contributed by atoms with van der Waals surface area (Å²) in [4.78, 5) is 0. The molecule has 0 radical (unpaired) electrons. The highest BCUT2D eigenvalue weighted by Gasteiger charge is 2.21. The Morgan fingerprint density at radius 1 is 0.741 bits per heavy atom. The molecule has 134 valence electrons. The molecule has 3 aromatic carbocycles. The predicted molar refractivity (Wildman–Crippen MR) is 98.0 cm³/mol. The molecular formula is C21H15F2N3O. The Balaban J connectivity index is 1.70. The van der Waals surface area contributed by atoms with Crippen LogP contribution in [0.5, 0.6) is 0 Å². The van der Waals surface area contributed by atoms with Gasteiger partial charge in [-0.15, -0.1) is 10.2 Å². The van der Waals surface area contributed by atoms with E-state index >= 15 is 0 Å². The zero-order chi connectivity index (χ0) is 18.6. The minimum Gasteiger partial charge on any atom is -0.418 e. The molecular weight excluding hydrogens is 348 g/mol. The maximum atomic E-state index is 13.3. The summed E-state index contributed by atoms with van der Waals surface area (Å²) in [5.74, 6) is 0.0428. The molecule has 6 heteroatoms. The van der Waals surface area contributed by atoms with Crippen molar-refractivity contribution < 1.29 is 13.2 Å². The lowest BCUT2D eigenvalue weighted by Crippen LogP contribution is -2.13. The summed E-state index contributed by atoms with van der Waals surface area (Å²) in [7, 11) is 0. The van der Waals surface area contributed by atoms with Gasteiger partial charge in [0.15, 0.2) is 0 Å².